The molecule has 0 saturated carbocycles. The average Bonchev–Trinajstić information content (AvgIpc) is 4.08. The Morgan fingerprint density at radius 1 is 1.08 bits per heavy atom. The number of aromatic hydroxyl groups is 1. The number of phenols is 1. The monoisotopic (exact) mass is 877 g/mol. The zero-order chi connectivity index (χ0) is 45.4. The smallest absolute Gasteiger partial charge is 0.324 e. The van der Waals surface area contributed by atoms with Gasteiger partial charge in [-0.25, -0.2) is 5.43 Å². The number of esters is 1. The van der Waals surface area contributed by atoms with Crippen LogP contribution in [-0.2, 0) is 52.8 Å². The SMILES string of the molecule is CCn1c(-c2cccnc2[C@H](C)OC)c2c3cc(ccc31)-c1cc(O)cc(c1)C[C@H](NC(=O)C(COC1CN(C(=O)[C@H]3CN3)C1)C(C)C)C(=O)N1CCC[C@H](N1)C(=O)OCC(C)(C)C2. The van der Waals surface area contributed by atoms with E-state index in [1.54, 1.807) is 30.3 Å². The Kier molecular flexibility index (Phi) is 13.2. The van der Waals surface area contributed by atoms with E-state index >= 15 is 0 Å². The van der Waals surface area contributed by atoms with Crippen LogP contribution in [0.4, 0.5) is 0 Å². The van der Waals surface area contributed by atoms with Crippen molar-refractivity contribution in [3.05, 3.63) is 71.5 Å². The molecule has 2 aromatic heterocycles. The molecule has 0 spiro atoms. The van der Waals surface area contributed by atoms with Gasteiger partial charge >= 0.3 is 5.97 Å². The zero-order valence-electron chi connectivity index (χ0n) is 38.1. The normalized spacial score (nSPS) is 22.4. The minimum absolute atomic E-state index is 0.0270. The molecule has 5 atom stereocenters. The summed E-state index contributed by atoms with van der Waals surface area (Å²) < 4.78 is 20.4. The number of rotatable bonds is 11. The van der Waals surface area contributed by atoms with Gasteiger partial charge in [0.05, 0.1) is 48.8 Å². The molecule has 3 saturated heterocycles. The third-order valence-corrected chi connectivity index (χ3v) is 13.2. The molecule has 15 heteroatoms. The van der Waals surface area contributed by atoms with Gasteiger partial charge in [-0.05, 0) is 97.7 Å². The van der Waals surface area contributed by atoms with Gasteiger partial charge in [0.25, 0.3) is 5.91 Å². The van der Waals surface area contributed by atoms with Crippen LogP contribution >= 0.6 is 0 Å². The summed E-state index contributed by atoms with van der Waals surface area (Å²) in [5.41, 5.74) is 9.80. The second-order valence-electron chi connectivity index (χ2n) is 19.0. The number of aryl methyl sites for hydroxylation is 1. The van der Waals surface area contributed by atoms with Gasteiger partial charge in [0.1, 0.15) is 17.8 Å². The number of hydrogen-bond acceptors (Lipinski definition) is 11. The molecule has 8 rings (SSSR count). The van der Waals surface area contributed by atoms with Crippen LogP contribution in [0.1, 0.15) is 77.3 Å². The molecule has 1 unspecified atom stereocenters. The first kappa shape index (κ1) is 45.2. The number of pyridine rings is 1. The molecule has 3 amide bonds. The van der Waals surface area contributed by atoms with Crippen molar-refractivity contribution in [2.75, 3.05) is 46.5 Å². The van der Waals surface area contributed by atoms with Gasteiger partial charge in [-0.3, -0.25) is 29.2 Å². The van der Waals surface area contributed by atoms with E-state index in [4.69, 9.17) is 19.2 Å². The molecule has 15 nitrogen and oxygen atoms in total. The molecule has 4 aromatic rings. The summed E-state index contributed by atoms with van der Waals surface area (Å²) in [6.07, 6.45) is 3.00. The van der Waals surface area contributed by atoms with Crippen molar-refractivity contribution in [2.45, 2.75) is 104 Å². The lowest BCUT2D eigenvalue weighted by Gasteiger charge is -2.39. The van der Waals surface area contributed by atoms with Crippen molar-refractivity contribution in [2.24, 2.45) is 17.3 Å². The number of nitrogens with zero attached hydrogens (tertiary/aromatic N) is 4. The van der Waals surface area contributed by atoms with E-state index in [1.807, 2.05) is 39.0 Å². The predicted octanol–water partition coefficient (Wildman–Crippen LogP) is 4.92. The Morgan fingerprint density at radius 3 is 2.58 bits per heavy atom. The fourth-order valence-electron chi connectivity index (χ4n) is 9.33. The zero-order valence-corrected chi connectivity index (χ0v) is 38.1. The number of amides is 3. The van der Waals surface area contributed by atoms with Crippen molar-refractivity contribution >= 4 is 34.6 Å². The number of phenolic OH excluding ortho intramolecular Hbond substituents is 1. The summed E-state index contributed by atoms with van der Waals surface area (Å²) in [6.45, 7) is 15.1. The van der Waals surface area contributed by atoms with Gasteiger partial charge in [0.15, 0.2) is 0 Å². The van der Waals surface area contributed by atoms with Crippen LogP contribution in [0.2, 0.25) is 0 Å². The minimum Gasteiger partial charge on any atom is -0.508 e. The number of methoxy groups -OCH3 is 1. The third kappa shape index (κ3) is 9.53. The quantitative estimate of drug-likeness (QED) is 0.118. The molecule has 3 fully saturated rings. The number of aromatic nitrogens is 2. The predicted molar refractivity (Wildman–Crippen MR) is 242 cm³/mol. The van der Waals surface area contributed by atoms with Gasteiger partial charge < -0.3 is 39.4 Å². The van der Waals surface area contributed by atoms with Crippen LogP contribution in [-0.4, -0.2) is 119 Å². The van der Waals surface area contributed by atoms with Gasteiger partial charge in [-0.1, -0.05) is 39.8 Å². The van der Waals surface area contributed by atoms with Gasteiger partial charge in [0, 0.05) is 74.3 Å². The number of nitrogens with one attached hydrogen (secondary N) is 3. The molecule has 4 aliphatic heterocycles. The maximum atomic E-state index is 14.6. The first-order valence-corrected chi connectivity index (χ1v) is 22.8. The van der Waals surface area contributed by atoms with E-state index in [1.165, 1.54) is 5.01 Å². The average molecular weight is 878 g/mol. The fourth-order valence-corrected chi connectivity index (χ4v) is 9.33. The number of benzene rings is 2. The summed E-state index contributed by atoms with van der Waals surface area (Å²) >= 11 is 0. The minimum atomic E-state index is -1.05. The molecule has 6 bridgehead atoms. The molecule has 0 radical (unpaired) electrons. The summed E-state index contributed by atoms with van der Waals surface area (Å²) in [5, 5.41) is 19.8. The number of cyclic esters (lactones) is 1. The number of hydrazine groups is 1. The number of carbonyl (C=O) groups is 4. The van der Waals surface area contributed by atoms with Crippen LogP contribution < -0.4 is 16.1 Å². The maximum Gasteiger partial charge on any atom is 0.324 e. The molecule has 6 heterocycles. The first-order chi connectivity index (χ1) is 30.6. The summed E-state index contributed by atoms with van der Waals surface area (Å²) in [5.74, 6) is -1.80. The Hall–Kier alpha value is -5.35. The molecule has 64 heavy (non-hydrogen) atoms. The van der Waals surface area contributed by atoms with Crippen molar-refractivity contribution in [1.82, 2.24) is 35.5 Å². The van der Waals surface area contributed by atoms with Crippen molar-refractivity contribution in [1.29, 1.82) is 0 Å². The van der Waals surface area contributed by atoms with Crippen molar-refractivity contribution in [3.8, 4) is 28.1 Å². The summed E-state index contributed by atoms with van der Waals surface area (Å²) in [7, 11) is 1.68. The van der Waals surface area contributed by atoms with Crippen LogP contribution in [0.25, 0.3) is 33.3 Å². The number of likely N-dealkylation sites (tertiary alicyclic amines) is 1. The highest BCUT2D eigenvalue weighted by molar-refractivity contribution is 5.96. The van der Waals surface area contributed by atoms with Crippen LogP contribution in [0.3, 0.4) is 0 Å². The summed E-state index contributed by atoms with van der Waals surface area (Å²) in [4.78, 5) is 61.7. The van der Waals surface area contributed by atoms with E-state index in [0.29, 0.717) is 57.5 Å². The first-order valence-electron chi connectivity index (χ1n) is 22.8. The lowest BCUT2D eigenvalue weighted by Crippen LogP contribution is -2.61. The highest BCUT2D eigenvalue weighted by Crippen LogP contribution is 2.42. The van der Waals surface area contributed by atoms with Gasteiger partial charge in [0.2, 0.25) is 11.8 Å². The second-order valence-corrected chi connectivity index (χ2v) is 19.0. The van der Waals surface area contributed by atoms with E-state index < -0.39 is 35.3 Å². The van der Waals surface area contributed by atoms with Gasteiger partial charge in [-0.15, -0.1) is 0 Å². The van der Waals surface area contributed by atoms with E-state index in [-0.39, 0.29) is 61.4 Å². The molecule has 0 aliphatic carbocycles. The number of ether oxygens (including phenoxy) is 3. The molecule has 2 aromatic carbocycles. The Labute approximate surface area is 375 Å². The number of fused-ring (bicyclic) bond motifs is 6. The highest BCUT2D eigenvalue weighted by Gasteiger charge is 2.41. The molecular formula is C49H63N7O8. The van der Waals surface area contributed by atoms with E-state index in [2.05, 4.69) is 59.6 Å². The number of carbonyl (C=O) groups excluding carboxylic acids is 4. The highest BCUT2D eigenvalue weighted by atomic mass is 16.5. The summed E-state index contributed by atoms with van der Waals surface area (Å²) in [6, 6.07) is 13.7. The van der Waals surface area contributed by atoms with Crippen LogP contribution in [0.15, 0.2) is 54.7 Å². The molecule has 342 valence electrons. The molecule has 4 N–H and O–H groups in total. The van der Waals surface area contributed by atoms with Crippen molar-refractivity contribution in [3.63, 3.8) is 0 Å². The Balaban J connectivity index is 1.16. The standard InChI is InChI=1S/C49H63N7O8/c1-8-55-42-14-13-31-21-36(42)37(44(55)35-11-9-15-50-43(35)29(4)62-7)22-49(5,6)27-64-48(61)39-12-10-16-56(53-39)47(60)40(19-30-17-32(31)20-33(57)18-30)52-45(58)38(28(2)3)26-63-34-24-54(25-34)46(59)41-23-51-41/h9,11,13-15,17-18,20-21,28-29,34,38-41,51,53,57H,8,10,12,16,19,22-27H2,1-7H3,(H,52,58)/t29-,38?,39-,40-,41+/m0/s1. The lowest BCUT2D eigenvalue weighted by atomic mass is 9.84. The van der Waals surface area contributed by atoms with E-state index in [9.17, 15) is 24.3 Å². The lowest BCUT2D eigenvalue weighted by molar-refractivity contribution is -0.155. The Morgan fingerprint density at radius 2 is 1.86 bits per heavy atom. The van der Waals surface area contributed by atoms with E-state index in [0.717, 1.165) is 44.5 Å². The molecule has 4 aliphatic rings. The topological polar surface area (TPSA) is 186 Å². The number of hydrogen-bond donors (Lipinski definition) is 4. The largest absolute Gasteiger partial charge is 0.508 e. The van der Waals surface area contributed by atoms with Crippen LogP contribution in [0, 0.1) is 17.3 Å². The van der Waals surface area contributed by atoms with Crippen LogP contribution in [0.5, 0.6) is 5.75 Å². The maximum absolute atomic E-state index is 14.6. The van der Waals surface area contributed by atoms with Gasteiger partial charge in [-0.2, -0.15) is 0 Å². The van der Waals surface area contributed by atoms with Crippen molar-refractivity contribution < 1.29 is 38.5 Å². The molecular weight excluding hydrogens is 815 g/mol. The Bertz CT molecular complexity index is 2400. The second kappa shape index (κ2) is 18.6. The fraction of sp³-hybridized carbons (Fsp3) is 0.531. The third-order valence-electron chi connectivity index (χ3n) is 13.2.